The number of hydrogen-bond acceptors (Lipinski definition) is 4. The fourth-order valence-corrected chi connectivity index (χ4v) is 4.41. The fraction of sp³-hybridized carbons (Fsp3) is 0.400. The van der Waals surface area contributed by atoms with Crippen LogP contribution in [0.1, 0.15) is 40.9 Å². The molecule has 0 N–H and O–H groups in total. The molecule has 1 aliphatic heterocycles. The van der Waals surface area contributed by atoms with Crippen molar-refractivity contribution in [3.05, 3.63) is 76.0 Å². The lowest BCUT2D eigenvalue weighted by Gasteiger charge is -2.10. The third kappa shape index (κ3) is 4.85. The predicted molar refractivity (Wildman–Crippen MR) is 122 cm³/mol. The first kappa shape index (κ1) is 21.2. The molecule has 1 saturated heterocycles. The molecule has 6 heteroatoms. The molecule has 162 valence electrons. The van der Waals surface area contributed by atoms with Crippen LogP contribution in [0.25, 0.3) is 11.4 Å². The summed E-state index contributed by atoms with van der Waals surface area (Å²) in [6.45, 7) is 4.60. The van der Waals surface area contributed by atoms with Gasteiger partial charge in [0.1, 0.15) is 11.5 Å². The summed E-state index contributed by atoms with van der Waals surface area (Å²) >= 11 is 0. The monoisotopic (exact) mass is 418 g/mol. The second-order valence-electron chi connectivity index (χ2n) is 8.77. The minimum absolute atomic E-state index is 0.0252. The van der Waals surface area contributed by atoms with E-state index in [1.165, 1.54) is 0 Å². The second kappa shape index (κ2) is 9.02. The van der Waals surface area contributed by atoms with E-state index in [9.17, 15) is 9.59 Å². The van der Waals surface area contributed by atoms with Crippen molar-refractivity contribution in [3.8, 4) is 11.4 Å². The van der Waals surface area contributed by atoms with Crippen LogP contribution < -0.4 is 5.56 Å². The van der Waals surface area contributed by atoms with Gasteiger partial charge in [0, 0.05) is 50.1 Å². The molecule has 1 atom stereocenters. The number of imidazole rings is 1. The SMILES string of the molecule is Cc1cc(-c2nc(C(=O)CCC3CCN(C)C3)cn2Cc2ccccc2)cn(C)c1=O. The third-order valence-corrected chi connectivity index (χ3v) is 6.15. The minimum Gasteiger partial charge on any atom is -0.326 e. The zero-order valence-corrected chi connectivity index (χ0v) is 18.5. The molecule has 0 bridgehead atoms. The Kier molecular flexibility index (Phi) is 6.18. The number of aryl methyl sites for hydroxylation is 2. The number of likely N-dealkylation sites (tertiary alicyclic amines) is 1. The lowest BCUT2D eigenvalue weighted by molar-refractivity contribution is 0.0969. The Morgan fingerprint density at radius 1 is 1.16 bits per heavy atom. The molecule has 0 radical (unpaired) electrons. The standard InChI is InChI=1S/C25H30N4O2/c1-18-13-21(16-28(3)25(18)31)24-26-22(17-29(24)15-19-7-5-4-6-8-19)23(30)10-9-20-11-12-27(2)14-20/h4-8,13,16-17,20H,9-12,14-15H2,1-3H3. The van der Waals surface area contributed by atoms with E-state index in [1.807, 2.05) is 35.0 Å². The van der Waals surface area contributed by atoms with Crippen molar-refractivity contribution >= 4 is 5.78 Å². The largest absolute Gasteiger partial charge is 0.326 e. The molecule has 0 aliphatic carbocycles. The number of hydrogen-bond donors (Lipinski definition) is 0. The normalized spacial score (nSPS) is 16.7. The lowest BCUT2D eigenvalue weighted by atomic mass is 10.00. The van der Waals surface area contributed by atoms with Crippen LogP contribution in [0.4, 0.5) is 0 Å². The maximum Gasteiger partial charge on any atom is 0.253 e. The third-order valence-electron chi connectivity index (χ3n) is 6.15. The van der Waals surface area contributed by atoms with Crippen LogP contribution in [0.2, 0.25) is 0 Å². The Morgan fingerprint density at radius 2 is 1.94 bits per heavy atom. The van der Waals surface area contributed by atoms with E-state index in [0.29, 0.717) is 36.0 Å². The maximum atomic E-state index is 13.0. The number of benzene rings is 1. The first-order chi connectivity index (χ1) is 14.9. The van der Waals surface area contributed by atoms with Gasteiger partial charge in [0.15, 0.2) is 5.78 Å². The molecule has 0 saturated carbocycles. The highest BCUT2D eigenvalue weighted by Gasteiger charge is 2.22. The van der Waals surface area contributed by atoms with Gasteiger partial charge in [0.2, 0.25) is 0 Å². The Hall–Kier alpha value is -2.99. The highest BCUT2D eigenvalue weighted by atomic mass is 16.1. The van der Waals surface area contributed by atoms with Crippen LogP contribution in [0, 0.1) is 12.8 Å². The Bertz CT molecular complexity index is 1100. The van der Waals surface area contributed by atoms with Crippen molar-refractivity contribution in [2.24, 2.45) is 13.0 Å². The Balaban J connectivity index is 1.63. The van der Waals surface area contributed by atoms with Crippen molar-refractivity contribution in [3.63, 3.8) is 0 Å². The number of pyridine rings is 1. The average Bonchev–Trinajstić information content (AvgIpc) is 3.37. The van der Waals surface area contributed by atoms with Gasteiger partial charge in [-0.2, -0.15) is 0 Å². The van der Waals surface area contributed by atoms with Gasteiger partial charge in [-0.3, -0.25) is 9.59 Å². The zero-order chi connectivity index (χ0) is 22.0. The predicted octanol–water partition coefficient (Wildman–Crippen LogP) is 3.52. The van der Waals surface area contributed by atoms with Crippen LogP contribution in [0.5, 0.6) is 0 Å². The fourth-order valence-electron chi connectivity index (χ4n) is 4.41. The summed E-state index contributed by atoms with van der Waals surface area (Å²) in [4.78, 5) is 32.2. The second-order valence-corrected chi connectivity index (χ2v) is 8.77. The minimum atomic E-state index is -0.0252. The van der Waals surface area contributed by atoms with Gasteiger partial charge >= 0.3 is 0 Å². The van der Waals surface area contributed by atoms with E-state index in [1.54, 1.807) is 24.7 Å². The molecule has 4 rings (SSSR count). The number of Topliss-reactive ketones (excluding diaryl/α,β-unsaturated/α-hetero) is 1. The van der Waals surface area contributed by atoms with E-state index < -0.39 is 0 Å². The zero-order valence-electron chi connectivity index (χ0n) is 18.5. The Labute approximate surface area is 183 Å². The van der Waals surface area contributed by atoms with E-state index in [2.05, 4.69) is 24.1 Å². The quantitative estimate of drug-likeness (QED) is 0.551. The molecule has 1 unspecified atom stereocenters. The molecule has 3 heterocycles. The topological polar surface area (TPSA) is 60.1 Å². The molecule has 1 aliphatic rings. The molecule has 2 aromatic heterocycles. The summed E-state index contributed by atoms with van der Waals surface area (Å²) < 4.78 is 3.59. The number of carbonyl (C=O) groups excluding carboxylic acids is 1. The summed E-state index contributed by atoms with van der Waals surface area (Å²) in [5.74, 6) is 1.39. The van der Waals surface area contributed by atoms with Crippen LogP contribution in [-0.2, 0) is 13.6 Å². The van der Waals surface area contributed by atoms with Crippen LogP contribution >= 0.6 is 0 Å². The van der Waals surface area contributed by atoms with Crippen LogP contribution in [-0.4, -0.2) is 44.9 Å². The smallest absolute Gasteiger partial charge is 0.253 e. The molecule has 0 amide bonds. The van der Waals surface area contributed by atoms with Crippen LogP contribution in [0.3, 0.4) is 0 Å². The van der Waals surface area contributed by atoms with Gasteiger partial charge in [-0.1, -0.05) is 30.3 Å². The van der Waals surface area contributed by atoms with E-state index in [-0.39, 0.29) is 11.3 Å². The molecular formula is C25H30N4O2. The van der Waals surface area contributed by atoms with Crippen molar-refractivity contribution in [2.75, 3.05) is 20.1 Å². The summed E-state index contributed by atoms with van der Waals surface area (Å²) in [6.07, 6.45) is 6.25. The number of rotatable bonds is 7. The molecule has 3 aromatic rings. The Morgan fingerprint density at radius 3 is 2.61 bits per heavy atom. The molecule has 1 fully saturated rings. The molecule has 0 spiro atoms. The molecule has 1 aromatic carbocycles. The van der Waals surface area contributed by atoms with Gasteiger partial charge in [-0.05, 0) is 50.9 Å². The maximum absolute atomic E-state index is 13.0. The number of ketones is 1. The molecule has 31 heavy (non-hydrogen) atoms. The van der Waals surface area contributed by atoms with E-state index in [0.717, 1.165) is 37.1 Å². The lowest BCUT2D eigenvalue weighted by Crippen LogP contribution is -2.18. The van der Waals surface area contributed by atoms with Gasteiger partial charge in [0.25, 0.3) is 5.56 Å². The van der Waals surface area contributed by atoms with Gasteiger partial charge in [-0.15, -0.1) is 0 Å². The highest BCUT2D eigenvalue weighted by molar-refractivity contribution is 5.94. The van der Waals surface area contributed by atoms with Gasteiger partial charge in [-0.25, -0.2) is 4.98 Å². The summed E-state index contributed by atoms with van der Waals surface area (Å²) in [5, 5.41) is 0. The summed E-state index contributed by atoms with van der Waals surface area (Å²) in [5.41, 5.74) is 3.11. The average molecular weight is 419 g/mol. The highest BCUT2D eigenvalue weighted by Crippen LogP contribution is 2.24. The van der Waals surface area contributed by atoms with E-state index in [4.69, 9.17) is 4.98 Å². The summed E-state index contributed by atoms with van der Waals surface area (Å²) in [7, 11) is 3.88. The molecule has 6 nitrogen and oxygen atoms in total. The van der Waals surface area contributed by atoms with Crippen molar-refractivity contribution in [2.45, 2.75) is 32.7 Å². The first-order valence-electron chi connectivity index (χ1n) is 10.9. The van der Waals surface area contributed by atoms with E-state index >= 15 is 0 Å². The molecular weight excluding hydrogens is 388 g/mol. The van der Waals surface area contributed by atoms with Gasteiger partial charge in [0.05, 0.1) is 0 Å². The van der Waals surface area contributed by atoms with Crippen molar-refractivity contribution < 1.29 is 4.79 Å². The number of aromatic nitrogens is 3. The van der Waals surface area contributed by atoms with Gasteiger partial charge < -0.3 is 14.0 Å². The first-order valence-corrected chi connectivity index (χ1v) is 10.9. The van der Waals surface area contributed by atoms with Crippen molar-refractivity contribution in [1.82, 2.24) is 19.0 Å². The number of nitrogens with zero attached hydrogens (tertiary/aromatic N) is 4. The number of carbonyl (C=O) groups is 1. The summed E-state index contributed by atoms with van der Waals surface area (Å²) in [6, 6.07) is 12.0. The van der Waals surface area contributed by atoms with Crippen LogP contribution in [0.15, 0.2) is 53.6 Å². The van der Waals surface area contributed by atoms with Crippen molar-refractivity contribution in [1.29, 1.82) is 0 Å².